The van der Waals surface area contributed by atoms with Crippen LogP contribution < -0.4 is 4.74 Å². The Morgan fingerprint density at radius 2 is 1.96 bits per heavy atom. The number of carbonyl (C=O) groups is 2. The molecule has 0 aliphatic carbocycles. The van der Waals surface area contributed by atoms with E-state index in [0.717, 1.165) is 19.3 Å². The van der Waals surface area contributed by atoms with Crippen LogP contribution >= 0.6 is 0 Å². The molecule has 2 aliphatic heterocycles. The predicted octanol–water partition coefficient (Wildman–Crippen LogP) is 2.13. The molecule has 8 heteroatoms. The highest BCUT2D eigenvalue weighted by Gasteiger charge is 2.42. The molecule has 6 nitrogen and oxygen atoms in total. The molecule has 2 saturated heterocycles. The van der Waals surface area contributed by atoms with E-state index in [1.54, 1.807) is 9.80 Å². The summed E-state index contributed by atoms with van der Waals surface area (Å²) in [5.74, 6) is -0.0851. The zero-order chi connectivity index (χ0) is 19.4. The number of ether oxygens (including phenoxy) is 1. The van der Waals surface area contributed by atoms with Crippen LogP contribution in [0, 0.1) is 5.41 Å². The summed E-state index contributed by atoms with van der Waals surface area (Å²) in [4.78, 5) is 28.3. The smallest absolute Gasteiger partial charge is 0.387 e. The number of alkyl halides is 2. The van der Waals surface area contributed by atoms with E-state index in [0.29, 0.717) is 38.2 Å². The Bertz CT molecular complexity index is 683. The number of amides is 2. The molecule has 0 unspecified atom stereocenters. The minimum absolute atomic E-state index is 0.0158. The van der Waals surface area contributed by atoms with Crippen LogP contribution in [0.4, 0.5) is 8.78 Å². The number of hydrogen-bond acceptors (Lipinski definition) is 4. The monoisotopic (exact) mass is 382 g/mol. The number of nitrogens with zero attached hydrogens (tertiary/aromatic N) is 2. The normalized spacial score (nSPS) is 23.2. The van der Waals surface area contributed by atoms with Gasteiger partial charge >= 0.3 is 6.61 Å². The van der Waals surface area contributed by atoms with Crippen molar-refractivity contribution in [3.05, 3.63) is 29.8 Å². The Morgan fingerprint density at radius 3 is 2.63 bits per heavy atom. The van der Waals surface area contributed by atoms with E-state index in [1.165, 1.54) is 24.3 Å². The molecule has 1 atom stereocenters. The van der Waals surface area contributed by atoms with Crippen LogP contribution in [0.15, 0.2) is 24.3 Å². The van der Waals surface area contributed by atoms with Gasteiger partial charge in [0.05, 0.1) is 6.61 Å². The molecule has 1 spiro atoms. The van der Waals surface area contributed by atoms with Crippen molar-refractivity contribution in [1.82, 2.24) is 9.80 Å². The Kier molecular flexibility index (Phi) is 5.94. The van der Waals surface area contributed by atoms with E-state index >= 15 is 0 Å². The number of likely N-dealkylation sites (tertiary alicyclic amines) is 2. The van der Waals surface area contributed by atoms with Crippen molar-refractivity contribution in [1.29, 1.82) is 0 Å². The third-order valence-electron chi connectivity index (χ3n) is 5.39. The Morgan fingerprint density at radius 1 is 1.22 bits per heavy atom. The van der Waals surface area contributed by atoms with Crippen LogP contribution in [-0.4, -0.2) is 66.1 Å². The minimum atomic E-state index is -2.90. The highest BCUT2D eigenvalue weighted by atomic mass is 19.3. The van der Waals surface area contributed by atoms with Crippen molar-refractivity contribution in [2.24, 2.45) is 5.41 Å². The maximum absolute atomic E-state index is 12.8. The van der Waals surface area contributed by atoms with Crippen molar-refractivity contribution in [3.8, 4) is 5.75 Å². The summed E-state index contributed by atoms with van der Waals surface area (Å²) < 4.78 is 28.8. The molecule has 0 saturated carbocycles. The SMILES string of the molecule is O=C1CC[C@]2(CCCN(C(=O)c3ccc(OC(F)F)cc3)C2)CN1CCO. The Labute approximate surface area is 156 Å². The number of rotatable bonds is 5. The molecular formula is C19H24F2N2O4. The molecule has 3 rings (SSSR count). The van der Waals surface area contributed by atoms with Gasteiger partial charge in [-0.25, -0.2) is 0 Å². The quantitative estimate of drug-likeness (QED) is 0.847. The number of β-amino-alcohol motifs (C(OH)–C–C–N with tert-alkyl or cyclic N) is 1. The summed E-state index contributed by atoms with van der Waals surface area (Å²) in [6.45, 7) is -0.917. The predicted molar refractivity (Wildman–Crippen MR) is 93.5 cm³/mol. The molecule has 1 N–H and O–H groups in total. The fourth-order valence-electron chi connectivity index (χ4n) is 4.10. The number of carbonyl (C=O) groups excluding carboxylic acids is 2. The minimum Gasteiger partial charge on any atom is -0.435 e. The molecule has 1 aromatic rings. The second-order valence-corrected chi connectivity index (χ2v) is 7.27. The molecule has 1 aromatic carbocycles. The van der Waals surface area contributed by atoms with E-state index in [4.69, 9.17) is 0 Å². The van der Waals surface area contributed by atoms with Gasteiger partial charge in [-0.15, -0.1) is 0 Å². The van der Waals surface area contributed by atoms with Crippen LogP contribution in [0.1, 0.15) is 36.0 Å². The van der Waals surface area contributed by atoms with E-state index < -0.39 is 6.61 Å². The van der Waals surface area contributed by atoms with E-state index in [-0.39, 0.29) is 29.6 Å². The molecule has 0 radical (unpaired) electrons. The summed E-state index contributed by atoms with van der Waals surface area (Å²) in [5, 5.41) is 9.17. The lowest BCUT2D eigenvalue weighted by Crippen LogP contribution is -2.55. The van der Waals surface area contributed by atoms with Gasteiger partial charge < -0.3 is 19.6 Å². The summed E-state index contributed by atoms with van der Waals surface area (Å²) in [7, 11) is 0. The van der Waals surface area contributed by atoms with Crippen LogP contribution in [0.25, 0.3) is 0 Å². The fraction of sp³-hybridized carbons (Fsp3) is 0.579. The summed E-state index contributed by atoms with van der Waals surface area (Å²) in [5.41, 5.74) is 0.281. The molecule has 0 aromatic heterocycles. The summed E-state index contributed by atoms with van der Waals surface area (Å²) in [6, 6.07) is 5.70. The van der Waals surface area contributed by atoms with Gasteiger partial charge in [0.25, 0.3) is 5.91 Å². The topological polar surface area (TPSA) is 70.1 Å². The maximum Gasteiger partial charge on any atom is 0.387 e. The molecule has 2 amide bonds. The molecule has 148 valence electrons. The molecular weight excluding hydrogens is 358 g/mol. The standard InChI is InChI=1S/C19H24F2N2O4/c20-18(21)27-15-4-2-14(3-5-15)17(26)23-9-1-7-19(13-23)8-6-16(25)22(12-19)10-11-24/h2-5,18,24H,1,6-13H2/t19-/m1/s1. The highest BCUT2D eigenvalue weighted by Crippen LogP contribution is 2.39. The number of hydrogen-bond donors (Lipinski definition) is 1. The summed E-state index contributed by atoms with van der Waals surface area (Å²) in [6.07, 6.45) is 2.95. The first-order chi connectivity index (χ1) is 12.9. The van der Waals surface area contributed by atoms with Crippen molar-refractivity contribution >= 4 is 11.8 Å². The molecule has 27 heavy (non-hydrogen) atoms. The first-order valence-electron chi connectivity index (χ1n) is 9.15. The van der Waals surface area contributed by atoms with Gasteiger partial charge in [-0.3, -0.25) is 9.59 Å². The van der Waals surface area contributed by atoms with Crippen LogP contribution in [0.3, 0.4) is 0 Å². The van der Waals surface area contributed by atoms with E-state index in [9.17, 15) is 23.5 Å². The molecule has 2 aliphatic rings. The second kappa shape index (κ2) is 8.21. The average molecular weight is 382 g/mol. The Balaban J connectivity index is 1.68. The second-order valence-electron chi connectivity index (χ2n) is 7.27. The van der Waals surface area contributed by atoms with Crippen LogP contribution in [0.5, 0.6) is 5.75 Å². The van der Waals surface area contributed by atoms with Gasteiger partial charge in [0.1, 0.15) is 5.75 Å². The van der Waals surface area contributed by atoms with Crippen molar-refractivity contribution in [2.45, 2.75) is 32.3 Å². The number of benzene rings is 1. The lowest BCUT2D eigenvalue weighted by Gasteiger charge is -2.48. The lowest BCUT2D eigenvalue weighted by molar-refractivity contribution is -0.139. The molecule has 0 bridgehead atoms. The third-order valence-corrected chi connectivity index (χ3v) is 5.39. The van der Waals surface area contributed by atoms with Crippen molar-refractivity contribution in [3.63, 3.8) is 0 Å². The average Bonchev–Trinajstić information content (AvgIpc) is 2.65. The van der Waals surface area contributed by atoms with Gasteiger partial charge in [-0.2, -0.15) is 8.78 Å². The van der Waals surface area contributed by atoms with Gasteiger partial charge in [-0.05, 0) is 43.5 Å². The highest BCUT2D eigenvalue weighted by molar-refractivity contribution is 5.94. The third kappa shape index (κ3) is 4.55. The molecule has 2 fully saturated rings. The number of aliphatic hydroxyl groups excluding tert-OH is 1. The van der Waals surface area contributed by atoms with Crippen LogP contribution in [0.2, 0.25) is 0 Å². The van der Waals surface area contributed by atoms with E-state index in [2.05, 4.69) is 4.74 Å². The first-order valence-corrected chi connectivity index (χ1v) is 9.15. The van der Waals surface area contributed by atoms with Gasteiger partial charge in [0.2, 0.25) is 5.91 Å². The number of piperidine rings is 2. The summed E-state index contributed by atoms with van der Waals surface area (Å²) >= 11 is 0. The van der Waals surface area contributed by atoms with Gasteiger partial charge in [0.15, 0.2) is 0 Å². The van der Waals surface area contributed by atoms with Crippen molar-refractivity contribution in [2.75, 3.05) is 32.8 Å². The van der Waals surface area contributed by atoms with Gasteiger partial charge in [0, 0.05) is 43.6 Å². The maximum atomic E-state index is 12.8. The molecule has 2 heterocycles. The lowest BCUT2D eigenvalue weighted by atomic mass is 9.73. The van der Waals surface area contributed by atoms with E-state index in [1.807, 2.05) is 0 Å². The zero-order valence-electron chi connectivity index (χ0n) is 15.1. The van der Waals surface area contributed by atoms with Gasteiger partial charge in [-0.1, -0.05) is 0 Å². The Hall–Kier alpha value is -2.22. The fourth-order valence-corrected chi connectivity index (χ4v) is 4.10. The van der Waals surface area contributed by atoms with Crippen molar-refractivity contribution < 1.29 is 28.2 Å². The first kappa shape index (κ1) is 19.5. The zero-order valence-corrected chi connectivity index (χ0v) is 15.1. The van der Waals surface area contributed by atoms with Crippen LogP contribution in [-0.2, 0) is 4.79 Å². The largest absolute Gasteiger partial charge is 0.435 e. The number of halogens is 2. The number of aliphatic hydroxyl groups is 1.